The number of carbonyl (C=O) groups is 1. The molecule has 0 aromatic carbocycles. The van der Waals surface area contributed by atoms with Gasteiger partial charge in [-0.2, -0.15) is 0 Å². The predicted molar refractivity (Wildman–Crippen MR) is 58.5 cm³/mol. The van der Waals surface area contributed by atoms with Gasteiger partial charge in [0, 0.05) is 22.3 Å². The third-order valence-corrected chi connectivity index (χ3v) is 3.59. The molecule has 1 aromatic heterocycles. The summed E-state index contributed by atoms with van der Waals surface area (Å²) in [7, 11) is 0. The Labute approximate surface area is 95.6 Å². The molecule has 0 bridgehead atoms. The van der Waals surface area contributed by atoms with Gasteiger partial charge in [0.1, 0.15) is 6.04 Å². The number of nitrogens with two attached hydrogens (primary N) is 1. The standard InChI is InChI=1S/C10H11BrN2O2/c11-7-5-13-4-1-6(7)10(2-3-10)8(12)9(14)15/h1,4-5,8H,2-3,12H2,(H,14,15). The van der Waals surface area contributed by atoms with Gasteiger partial charge in [-0.15, -0.1) is 0 Å². The zero-order valence-corrected chi connectivity index (χ0v) is 9.57. The van der Waals surface area contributed by atoms with Crippen LogP contribution in [0.5, 0.6) is 0 Å². The number of hydrogen-bond acceptors (Lipinski definition) is 3. The van der Waals surface area contributed by atoms with Crippen LogP contribution in [-0.2, 0) is 10.2 Å². The minimum absolute atomic E-state index is 0.395. The van der Waals surface area contributed by atoms with E-state index in [2.05, 4.69) is 20.9 Å². The van der Waals surface area contributed by atoms with Gasteiger partial charge in [0.05, 0.1) is 0 Å². The molecule has 1 atom stereocenters. The highest BCUT2D eigenvalue weighted by atomic mass is 79.9. The molecule has 1 heterocycles. The van der Waals surface area contributed by atoms with Crippen LogP contribution in [0.4, 0.5) is 0 Å². The summed E-state index contributed by atoms with van der Waals surface area (Å²) < 4.78 is 0.833. The molecule has 80 valence electrons. The summed E-state index contributed by atoms with van der Waals surface area (Å²) in [5.74, 6) is -0.948. The summed E-state index contributed by atoms with van der Waals surface area (Å²) in [6, 6.07) is 0.996. The van der Waals surface area contributed by atoms with Crippen LogP contribution in [0.2, 0.25) is 0 Å². The lowest BCUT2D eigenvalue weighted by Gasteiger charge is -2.21. The molecular weight excluding hydrogens is 260 g/mol. The molecule has 1 aliphatic carbocycles. The summed E-state index contributed by atoms with van der Waals surface area (Å²) in [6.07, 6.45) is 4.98. The zero-order valence-electron chi connectivity index (χ0n) is 7.98. The fourth-order valence-electron chi connectivity index (χ4n) is 1.90. The Morgan fingerprint density at radius 3 is 2.80 bits per heavy atom. The summed E-state index contributed by atoms with van der Waals surface area (Å²) in [6.45, 7) is 0. The maximum Gasteiger partial charge on any atom is 0.321 e. The molecule has 0 amide bonds. The molecule has 1 fully saturated rings. The lowest BCUT2D eigenvalue weighted by atomic mass is 9.89. The lowest BCUT2D eigenvalue weighted by molar-refractivity contribution is -0.139. The van der Waals surface area contributed by atoms with Gasteiger partial charge in [-0.3, -0.25) is 9.78 Å². The largest absolute Gasteiger partial charge is 0.480 e. The molecule has 4 nitrogen and oxygen atoms in total. The first-order valence-electron chi connectivity index (χ1n) is 4.66. The average molecular weight is 271 g/mol. The summed E-state index contributed by atoms with van der Waals surface area (Å²) in [5.41, 5.74) is 6.27. The van der Waals surface area contributed by atoms with E-state index in [9.17, 15) is 4.79 Å². The van der Waals surface area contributed by atoms with Crippen LogP contribution in [0.3, 0.4) is 0 Å². The molecule has 1 saturated carbocycles. The van der Waals surface area contributed by atoms with Crippen LogP contribution in [0, 0.1) is 0 Å². The van der Waals surface area contributed by atoms with Gasteiger partial charge in [0.2, 0.25) is 0 Å². The van der Waals surface area contributed by atoms with Gasteiger partial charge in [-0.1, -0.05) is 0 Å². The van der Waals surface area contributed by atoms with Crippen molar-refractivity contribution in [1.29, 1.82) is 0 Å². The van der Waals surface area contributed by atoms with Crippen molar-refractivity contribution < 1.29 is 9.90 Å². The SMILES string of the molecule is NC(C(=O)O)C1(c2ccncc2Br)CC1. The van der Waals surface area contributed by atoms with Gasteiger partial charge < -0.3 is 10.8 Å². The van der Waals surface area contributed by atoms with Crippen LogP contribution >= 0.6 is 15.9 Å². The molecule has 1 aromatic rings. The second kappa shape index (κ2) is 3.57. The third kappa shape index (κ3) is 1.66. The fraction of sp³-hybridized carbons (Fsp3) is 0.400. The third-order valence-electron chi connectivity index (χ3n) is 2.96. The minimum Gasteiger partial charge on any atom is -0.480 e. The van der Waals surface area contributed by atoms with E-state index in [1.807, 2.05) is 6.07 Å². The second-order valence-corrected chi connectivity index (χ2v) is 4.68. The lowest BCUT2D eigenvalue weighted by Crippen LogP contribution is -2.42. The molecule has 15 heavy (non-hydrogen) atoms. The van der Waals surface area contributed by atoms with Crippen molar-refractivity contribution >= 4 is 21.9 Å². The molecule has 5 heteroatoms. The van der Waals surface area contributed by atoms with Gasteiger partial charge in [-0.25, -0.2) is 0 Å². The Bertz CT molecular complexity index is 404. The molecule has 2 rings (SSSR count). The summed E-state index contributed by atoms with van der Waals surface area (Å²) in [5, 5.41) is 8.95. The quantitative estimate of drug-likeness (QED) is 0.868. The van der Waals surface area contributed by atoms with E-state index in [-0.39, 0.29) is 0 Å². The first-order chi connectivity index (χ1) is 7.08. The van der Waals surface area contributed by atoms with Crippen LogP contribution in [0.25, 0.3) is 0 Å². The van der Waals surface area contributed by atoms with Crippen molar-refractivity contribution in [3.8, 4) is 0 Å². The number of nitrogens with zero attached hydrogens (tertiary/aromatic N) is 1. The maximum atomic E-state index is 10.9. The number of rotatable bonds is 3. The topological polar surface area (TPSA) is 76.2 Å². The Balaban J connectivity index is 2.39. The molecule has 0 radical (unpaired) electrons. The average Bonchev–Trinajstić information content (AvgIpc) is 2.98. The normalized spacial score (nSPS) is 19.6. The first-order valence-corrected chi connectivity index (χ1v) is 5.45. The van der Waals surface area contributed by atoms with Crippen molar-refractivity contribution in [1.82, 2.24) is 4.98 Å². The van der Waals surface area contributed by atoms with Gasteiger partial charge >= 0.3 is 5.97 Å². The first kappa shape index (κ1) is 10.6. The van der Waals surface area contributed by atoms with E-state index in [0.29, 0.717) is 0 Å². The number of aliphatic carboxylic acids is 1. The highest BCUT2D eigenvalue weighted by Crippen LogP contribution is 2.52. The molecule has 0 aliphatic heterocycles. The molecule has 3 N–H and O–H groups in total. The van der Waals surface area contributed by atoms with Crippen molar-refractivity contribution in [3.63, 3.8) is 0 Å². The zero-order chi connectivity index (χ0) is 11.1. The Kier molecular flexibility index (Phi) is 2.52. The monoisotopic (exact) mass is 270 g/mol. The van der Waals surface area contributed by atoms with E-state index in [1.165, 1.54) is 0 Å². The smallest absolute Gasteiger partial charge is 0.321 e. The molecule has 0 saturated heterocycles. The Morgan fingerprint density at radius 2 is 2.33 bits per heavy atom. The molecule has 1 unspecified atom stereocenters. The highest BCUT2D eigenvalue weighted by Gasteiger charge is 2.53. The maximum absolute atomic E-state index is 10.9. The van der Waals surface area contributed by atoms with Gasteiger partial charge in [-0.05, 0) is 40.4 Å². The second-order valence-electron chi connectivity index (χ2n) is 3.83. The number of pyridine rings is 1. The van der Waals surface area contributed by atoms with E-state index in [4.69, 9.17) is 10.8 Å². The summed E-state index contributed by atoms with van der Waals surface area (Å²) >= 11 is 3.38. The van der Waals surface area contributed by atoms with Crippen molar-refractivity contribution in [2.24, 2.45) is 5.73 Å². The number of carboxylic acids is 1. The summed E-state index contributed by atoms with van der Waals surface area (Å²) in [4.78, 5) is 14.9. The van der Waals surface area contributed by atoms with Crippen LogP contribution < -0.4 is 5.73 Å². The van der Waals surface area contributed by atoms with Gasteiger partial charge in [0.25, 0.3) is 0 Å². The minimum atomic E-state index is -0.948. The van der Waals surface area contributed by atoms with Gasteiger partial charge in [0.15, 0.2) is 0 Å². The molecule has 1 aliphatic rings. The van der Waals surface area contributed by atoms with E-state index < -0.39 is 17.4 Å². The highest BCUT2D eigenvalue weighted by molar-refractivity contribution is 9.10. The van der Waals surface area contributed by atoms with Crippen molar-refractivity contribution in [2.75, 3.05) is 0 Å². The van der Waals surface area contributed by atoms with E-state index in [1.54, 1.807) is 12.4 Å². The number of hydrogen-bond donors (Lipinski definition) is 2. The van der Waals surface area contributed by atoms with E-state index >= 15 is 0 Å². The van der Waals surface area contributed by atoms with Crippen molar-refractivity contribution in [2.45, 2.75) is 24.3 Å². The number of carboxylic acid groups (broad SMARTS) is 1. The van der Waals surface area contributed by atoms with Crippen LogP contribution in [0.15, 0.2) is 22.9 Å². The number of aromatic nitrogens is 1. The molecule has 0 spiro atoms. The van der Waals surface area contributed by atoms with Crippen LogP contribution in [0.1, 0.15) is 18.4 Å². The molecular formula is C10H11BrN2O2. The van der Waals surface area contributed by atoms with Crippen molar-refractivity contribution in [3.05, 3.63) is 28.5 Å². The fourth-order valence-corrected chi connectivity index (χ4v) is 2.54. The Morgan fingerprint density at radius 1 is 1.67 bits per heavy atom. The van der Waals surface area contributed by atoms with E-state index in [0.717, 1.165) is 22.9 Å². The number of halogens is 1. The van der Waals surface area contributed by atoms with Crippen LogP contribution in [-0.4, -0.2) is 22.1 Å². The predicted octanol–water partition coefficient (Wildman–Crippen LogP) is 1.29. The Hall–Kier alpha value is -0.940.